The highest BCUT2D eigenvalue weighted by molar-refractivity contribution is 5.86. The number of halogens is 1. The quantitative estimate of drug-likeness (QED) is 0.822. The van der Waals surface area contributed by atoms with E-state index in [1.807, 2.05) is 0 Å². The van der Waals surface area contributed by atoms with Crippen LogP contribution in [0.4, 0.5) is 4.39 Å². The zero-order valence-corrected chi connectivity index (χ0v) is 8.65. The number of aromatic nitrogens is 2. The molecule has 5 heteroatoms. The first-order valence-electron chi connectivity index (χ1n) is 5.21. The van der Waals surface area contributed by atoms with Gasteiger partial charge in [0.15, 0.2) is 0 Å². The van der Waals surface area contributed by atoms with E-state index in [-0.39, 0.29) is 5.82 Å². The van der Waals surface area contributed by atoms with Crippen LogP contribution in [0, 0.1) is 5.82 Å². The predicted octanol–water partition coefficient (Wildman–Crippen LogP) is 1.18. The molecule has 0 fully saturated rings. The molecule has 4 nitrogen and oxygen atoms in total. The molecule has 0 radical (unpaired) electrons. The monoisotopic (exact) mass is 218 g/mol. The summed E-state index contributed by atoms with van der Waals surface area (Å²) in [4.78, 5) is 4.29. The third-order valence-corrected chi connectivity index (χ3v) is 2.65. The Morgan fingerprint density at radius 3 is 3.19 bits per heavy atom. The molecule has 1 aliphatic heterocycles. The van der Waals surface area contributed by atoms with Gasteiger partial charge in [-0.15, -0.1) is 0 Å². The van der Waals surface area contributed by atoms with Gasteiger partial charge >= 0.3 is 0 Å². The van der Waals surface area contributed by atoms with Gasteiger partial charge in [0, 0.05) is 11.9 Å². The van der Waals surface area contributed by atoms with Crippen LogP contribution in [-0.2, 0) is 6.54 Å². The molecule has 0 saturated heterocycles. The minimum Gasteiger partial charge on any atom is -0.370 e. The van der Waals surface area contributed by atoms with E-state index in [0.29, 0.717) is 6.54 Å². The van der Waals surface area contributed by atoms with E-state index >= 15 is 0 Å². The molecule has 0 saturated carbocycles. The van der Waals surface area contributed by atoms with E-state index < -0.39 is 0 Å². The second-order valence-corrected chi connectivity index (χ2v) is 3.76. The van der Waals surface area contributed by atoms with Gasteiger partial charge in [0.25, 0.3) is 0 Å². The summed E-state index contributed by atoms with van der Waals surface area (Å²) < 4.78 is 14.9. The van der Waals surface area contributed by atoms with Gasteiger partial charge in [-0.3, -0.25) is 9.67 Å². The van der Waals surface area contributed by atoms with E-state index in [2.05, 4.69) is 15.4 Å². The molecule has 16 heavy (non-hydrogen) atoms. The van der Waals surface area contributed by atoms with Crippen molar-refractivity contribution in [3.63, 3.8) is 0 Å². The van der Waals surface area contributed by atoms with Crippen molar-refractivity contribution in [2.24, 2.45) is 4.99 Å². The lowest BCUT2D eigenvalue weighted by molar-refractivity contribution is 0.627. The molecule has 2 aromatic rings. The van der Waals surface area contributed by atoms with Crippen molar-refractivity contribution < 1.29 is 4.39 Å². The molecular formula is C11H11FN4. The number of amidine groups is 1. The lowest BCUT2D eigenvalue weighted by atomic mass is 10.2. The number of nitrogens with one attached hydrogen (secondary N) is 1. The Labute approximate surface area is 91.8 Å². The van der Waals surface area contributed by atoms with Gasteiger partial charge in [-0.1, -0.05) is 0 Å². The van der Waals surface area contributed by atoms with Crippen molar-refractivity contribution in [1.29, 1.82) is 0 Å². The smallest absolute Gasteiger partial charge is 0.125 e. The minimum absolute atomic E-state index is 0.240. The first-order valence-corrected chi connectivity index (χ1v) is 5.21. The number of hydrogen-bond donors (Lipinski definition) is 1. The Hall–Kier alpha value is -1.91. The van der Waals surface area contributed by atoms with Crippen molar-refractivity contribution in [2.45, 2.75) is 6.54 Å². The molecule has 3 rings (SSSR count). The fourth-order valence-electron chi connectivity index (χ4n) is 1.86. The van der Waals surface area contributed by atoms with Crippen LogP contribution in [0.3, 0.4) is 0 Å². The normalized spacial score (nSPS) is 15.2. The van der Waals surface area contributed by atoms with Crippen LogP contribution in [0.5, 0.6) is 0 Å². The molecule has 1 aromatic heterocycles. The molecule has 1 N–H and O–H groups in total. The van der Waals surface area contributed by atoms with Gasteiger partial charge in [-0.25, -0.2) is 4.39 Å². The summed E-state index contributed by atoms with van der Waals surface area (Å²) in [6.07, 6.45) is 1.74. The standard InChI is InChI=1S/C11H11FN4/c12-9-2-1-8-6-15-16(10(8)5-9)7-11-13-3-4-14-11/h1-2,5-6H,3-4,7H2,(H,13,14). The molecule has 0 spiro atoms. The summed E-state index contributed by atoms with van der Waals surface area (Å²) in [7, 11) is 0. The van der Waals surface area contributed by atoms with E-state index in [1.165, 1.54) is 12.1 Å². The van der Waals surface area contributed by atoms with E-state index in [0.717, 1.165) is 29.8 Å². The van der Waals surface area contributed by atoms with Crippen molar-refractivity contribution in [2.75, 3.05) is 13.1 Å². The third-order valence-electron chi connectivity index (χ3n) is 2.65. The third kappa shape index (κ3) is 1.54. The number of hydrogen-bond acceptors (Lipinski definition) is 3. The summed E-state index contributed by atoms with van der Waals surface area (Å²) in [5.41, 5.74) is 0.802. The van der Waals surface area contributed by atoms with Crippen LogP contribution < -0.4 is 5.32 Å². The fourth-order valence-corrected chi connectivity index (χ4v) is 1.86. The molecular weight excluding hydrogens is 207 g/mol. The van der Waals surface area contributed by atoms with Gasteiger partial charge in [0.2, 0.25) is 0 Å². The maximum Gasteiger partial charge on any atom is 0.125 e. The molecule has 2 heterocycles. The number of nitrogens with zero attached hydrogens (tertiary/aromatic N) is 3. The van der Waals surface area contributed by atoms with E-state index in [4.69, 9.17) is 0 Å². The number of aliphatic imine (C=N–C) groups is 1. The van der Waals surface area contributed by atoms with Gasteiger partial charge in [0.05, 0.1) is 24.8 Å². The summed E-state index contributed by atoms with van der Waals surface area (Å²) in [6.45, 7) is 2.26. The number of benzene rings is 1. The highest BCUT2D eigenvalue weighted by atomic mass is 19.1. The Balaban J connectivity index is 1.99. The first kappa shape index (κ1) is 9.33. The van der Waals surface area contributed by atoms with E-state index in [1.54, 1.807) is 16.9 Å². The second kappa shape index (κ2) is 3.59. The molecule has 0 bridgehead atoms. The lowest BCUT2D eigenvalue weighted by Crippen LogP contribution is -2.24. The summed E-state index contributed by atoms with van der Waals surface area (Å²) in [6, 6.07) is 4.68. The highest BCUT2D eigenvalue weighted by Gasteiger charge is 2.09. The van der Waals surface area contributed by atoms with Crippen LogP contribution in [0.25, 0.3) is 10.9 Å². The molecule has 1 aromatic carbocycles. The average Bonchev–Trinajstić information content (AvgIpc) is 2.90. The van der Waals surface area contributed by atoms with Crippen LogP contribution in [0.2, 0.25) is 0 Å². The maximum absolute atomic E-state index is 13.1. The number of rotatable bonds is 2. The molecule has 0 aliphatic carbocycles. The van der Waals surface area contributed by atoms with Crippen LogP contribution in [0.1, 0.15) is 0 Å². The average molecular weight is 218 g/mol. The molecule has 0 amide bonds. The Morgan fingerprint density at radius 1 is 1.44 bits per heavy atom. The summed E-state index contributed by atoms with van der Waals surface area (Å²) in [5, 5.41) is 8.34. The summed E-state index contributed by atoms with van der Waals surface area (Å²) >= 11 is 0. The van der Waals surface area contributed by atoms with Crippen molar-refractivity contribution in [1.82, 2.24) is 15.1 Å². The van der Waals surface area contributed by atoms with Crippen molar-refractivity contribution >= 4 is 16.7 Å². The molecule has 82 valence electrons. The largest absolute Gasteiger partial charge is 0.370 e. The minimum atomic E-state index is -0.240. The van der Waals surface area contributed by atoms with Gasteiger partial charge < -0.3 is 5.32 Å². The Kier molecular flexibility index (Phi) is 2.09. The maximum atomic E-state index is 13.1. The second-order valence-electron chi connectivity index (χ2n) is 3.76. The Bertz CT molecular complexity index is 558. The van der Waals surface area contributed by atoms with E-state index in [9.17, 15) is 4.39 Å². The summed E-state index contributed by atoms with van der Waals surface area (Å²) in [5.74, 6) is 0.671. The first-order chi connectivity index (χ1) is 7.83. The molecule has 1 aliphatic rings. The van der Waals surface area contributed by atoms with Crippen LogP contribution in [0.15, 0.2) is 29.4 Å². The van der Waals surface area contributed by atoms with Gasteiger partial charge in [-0.2, -0.15) is 5.10 Å². The van der Waals surface area contributed by atoms with Gasteiger partial charge in [0.1, 0.15) is 11.7 Å². The highest BCUT2D eigenvalue weighted by Crippen LogP contribution is 2.15. The SMILES string of the molecule is Fc1ccc2cnn(CC3=NCCN3)c2c1. The molecule has 0 unspecified atom stereocenters. The van der Waals surface area contributed by atoms with Crippen LogP contribution >= 0.6 is 0 Å². The van der Waals surface area contributed by atoms with Gasteiger partial charge in [-0.05, 0) is 18.2 Å². The molecule has 0 atom stereocenters. The zero-order chi connectivity index (χ0) is 11.0. The van der Waals surface area contributed by atoms with Crippen molar-refractivity contribution in [3.8, 4) is 0 Å². The van der Waals surface area contributed by atoms with Crippen molar-refractivity contribution in [3.05, 3.63) is 30.2 Å². The fraction of sp³-hybridized carbons (Fsp3) is 0.273. The number of fused-ring (bicyclic) bond motifs is 1. The zero-order valence-electron chi connectivity index (χ0n) is 8.65. The van der Waals surface area contributed by atoms with Crippen LogP contribution in [-0.4, -0.2) is 28.7 Å². The topological polar surface area (TPSA) is 42.2 Å². The Morgan fingerprint density at radius 2 is 2.38 bits per heavy atom. The lowest BCUT2D eigenvalue weighted by Gasteiger charge is -2.04. The predicted molar refractivity (Wildman–Crippen MR) is 60.0 cm³/mol.